The monoisotopic (exact) mass is 176 g/mol. The Balaban J connectivity index is 2.20. The van der Waals surface area contributed by atoms with Gasteiger partial charge in [-0.2, -0.15) is 5.10 Å². The lowest BCUT2D eigenvalue weighted by atomic mass is 10.2. The predicted molar refractivity (Wildman–Crippen MR) is 46.3 cm³/mol. The molecule has 0 saturated carbocycles. The second-order valence-electron chi connectivity index (χ2n) is 2.66. The lowest BCUT2D eigenvalue weighted by molar-refractivity contribution is 0.964. The summed E-state index contributed by atoms with van der Waals surface area (Å²) in [5.41, 5.74) is 0.740. The average molecular weight is 176 g/mol. The maximum Gasteiger partial charge on any atom is 0.340 e. The van der Waals surface area contributed by atoms with E-state index in [9.17, 15) is 4.79 Å². The maximum atomic E-state index is 10.7. The molecule has 0 fully saturated rings. The lowest BCUT2D eigenvalue weighted by Crippen LogP contribution is -2.01. The van der Waals surface area contributed by atoms with E-state index in [-0.39, 0.29) is 5.69 Å². The van der Waals surface area contributed by atoms with E-state index in [4.69, 9.17) is 0 Å². The van der Waals surface area contributed by atoms with Crippen LogP contribution in [0.3, 0.4) is 0 Å². The highest BCUT2D eigenvalue weighted by Crippen LogP contribution is 2.00. The fraction of sp³-hybridized carbons (Fsp3) is 0.125. The summed E-state index contributed by atoms with van der Waals surface area (Å²) in [5.74, 6) is 0.623. The molecule has 5 nitrogen and oxygen atoms in total. The largest absolute Gasteiger partial charge is 0.340 e. The molecule has 2 aromatic rings. The molecule has 0 spiro atoms. The number of hydrogen-bond acceptors (Lipinski definition) is 3. The molecule has 2 heterocycles. The van der Waals surface area contributed by atoms with E-state index in [0.29, 0.717) is 12.2 Å². The molecule has 66 valence electrons. The van der Waals surface area contributed by atoms with Crippen LogP contribution in [-0.4, -0.2) is 20.2 Å². The van der Waals surface area contributed by atoms with Crippen molar-refractivity contribution >= 4 is 0 Å². The minimum atomic E-state index is -0.279. The molecule has 0 saturated heterocycles. The zero-order valence-electron chi connectivity index (χ0n) is 6.82. The van der Waals surface area contributed by atoms with Gasteiger partial charge in [-0.05, 0) is 11.6 Å². The van der Waals surface area contributed by atoms with Crippen molar-refractivity contribution in [2.24, 2.45) is 0 Å². The van der Waals surface area contributed by atoms with Crippen molar-refractivity contribution in [1.82, 2.24) is 20.2 Å². The molecule has 0 bridgehead atoms. The number of H-pyrrole nitrogens is 2. The third-order valence-corrected chi connectivity index (χ3v) is 1.64. The van der Waals surface area contributed by atoms with E-state index in [1.165, 1.54) is 0 Å². The number of rotatable bonds is 2. The molecular weight excluding hydrogens is 168 g/mol. The molecule has 0 aliphatic carbocycles. The Kier molecular flexibility index (Phi) is 1.91. The number of pyridine rings is 1. The smallest absolute Gasteiger partial charge is 0.293 e. The van der Waals surface area contributed by atoms with Crippen molar-refractivity contribution in [3.8, 4) is 0 Å². The molecule has 0 aliphatic rings. The molecule has 0 atom stereocenters. The quantitative estimate of drug-likeness (QED) is 0.680. The van der Waals surface area contributed by atoms with Crippen molar-refractivity contribution < 1.29 is 0 Å². The molecule has 0 aliphatic heterocycles. The predicted octanol–water partition coefficient (Wildman–Crippen LogP) is 0.0838. The summed E-state index contributed by atoms with van der Waals surface area (Å²) in [4.78, 5) is 17.2. The molecule has 0 amide bonds. The van der Waals surface area contributed by atoms with Crippen molar-refractivity contribution in [2.75, 3.05) is 0 Å². The Morgan fingerprint density at radius 3 is 3.00 bits per heavy atom. The van der Waals surface area contributed by atoms with Gasteiger partial charge in [0.2, 0.25) is 0 Å². The fourth-order valence-corrected chi connectivity index (χ4v) is 1.08. The third kappa shape index (κ3) is 1.81. The molecule has 5 heteroatoms. The standard InChI is InChI=1S/C8H8N4O/c13-8-10-7(11-12-8)4-6-2-1-3-9-5-6/h1-3,5H,4H2,(H2,10,11,12,13). The fourth-order valence-electron chi connectivity index (χ4n) is 1.08. The van der Waals surface area contributed by atoms with E-state index in [2.05, 4.69) is 20.2 Å². The van der Waals surface area contributed by atoms with Gasteiger partial charge in [-0.15, -0.1) is 0 Å². The molecule has 0 unspecified atom stereocenters. The van der Waals surface area contributed by atoms with Crippen molar-refractivity contribution in [1.29, 1.82) is 0 Å². The molecule has 2 aromatic heterocycles. The van der Waals surface area contributed by atoms with Gasteiger partial charge in [-0.3, -0.25) is 9.97 Å². The van der Waals surface area contributed by atoms with Crippen LogP contribution in [0.2, 0.25) is 0 Å². The Hall–Kier alpha value is -1.91. The molecular formula is C8H8N4O. The van der Waals surface area contributed by atoms with Gasteiger partial charge in [-0.1, -0.05) is 6.07 Å². The highest BCUT2D eigenvalue weighted by Gasteiger charge is 1.98. The SMILES string of the molecule is O=c1[nH]nc(Cc2cccnc2)[nH]1. The minimum Gasteiger partial charge on any atom is -0.293 e. The van der Waals surface area contributed by atoms with Crippen LogP contribution in [0, 0.1) is 0 Å². The summed E-state index contributed by atoms with van der Waals surface area (Å²) in [6.45, 7) is 0. The zero-order chi connectivity index (χ0) is 9.10. The van der Waals surface area contributed by atoms with Gasteiger partial charge in [0.1, 0.15) is 5.82 Å². The van der Waals surface area contributed by atoms with Crippen molar-refractivity contribution in [3.05, 3.63) is 46.4 Å². The topological polar surface area (TPSA) is 74.4 Å². The average Bonchev–Trinajstić information content (AvgIpc) is 2.53. The van der Waals surface area contributed by atoms with E-state index in [0.717, 1.165) is 5.56 Å². The van der Waals surface area contributed by atoms with Gasteiger partial charge in [0.15, 0.2) is 0 Å². The van der Waals surface area contributed by atoms with Gasteiger partial charge in [-0.25, -0.2) is 9.89 Å². The minimum absolute atomic E-state index is 0.279. The van der Waals surface area contributed by atoms with Crippen LogP contribution in [0.5, 0.6) is 0 Å². The zero-order valence-corrected chi connectivity index (χ0v) is 6.82. The summed E-state index contributed by atoms with van der Waals surface area (Å²) >= 11 is 0. The summed E-state index contributed by atoms with van der Waals surface area (Å²) < 4.78 is 0. The summed E-state index contributed by atoms with van der Waals surface area (Å²) in [5, 5.41) is 6.10. The molecule has 13 heavy (non-hydrogen) atoms. The van der Waals surface area contributed by atoms with E-state index < -0.39 is 0 Å². The number of nitrogens with one attached hydrogen (secondary N) is 2. The van der Waals surface area contributed by atoms with Crippen LogP contribution in [0.1, 0.15) is 11.4 Å². The Labute approximate surface area is 73.9 Å². The van der Waals surface area contributed by atoms with Crippen LogP contribution in [0.15, 0.2) is 29.3 Å². The molecule has 2 rings (SSSR count). The van der Waals surface area contributed by atoms with Crippen LogP contribution < -0.4 is 5.69 Å². The van der Waals surface area contributed by atoms with Crippen LogP contribution in [0.25, 0.3) is 0 Å². The number of aromatic amines is 2. The Bertz CT molecular complexity index is 431. The Morgan fingerprint density at radius 2 is 2.38 bits per heavy atom. The highest BCUT2D eigenvalue weighted by molar-refractivity contribution is 5.13. The summed E-state index contributed by atoms with van der Waals surface area (Å²) in [7, 11) is 0. The van der Waals surface area contributed by atoms with Crippen molar-refractivity contribution in [3.63, 3.8) is 0 Å². The second-order valence-corrected chi connectivity index (χ2v) is 2.66. The van der Waals surface area contributed by atoms with Crippen LogP contribution in [0.4, 0.5) is 0 Å². The van der Waals surface area contributed by atoms with Crippen molar-refractivity contribution in [2.45, 2.75) is 6.42 Å². The number of hydrogen-bond donors (Lipinski definition) is 2. The Morgan fingerprint density at radius 1 is 1.46 bits per heavy atom. The van der Waals surface area contributed by atoms with Gasteiger partial charge in [0.25, 0.3) is 0 Å². The number of aromatic nitrogens is 4. The summed E-state index contributed by atoms with van der Waals surface area (Å²) in [6, 6.07) is 3.78. The molecule has 0 aromatic carbocycles. The van der Waals surface area contributed by atoms with Gasteiger partial charge >= 0.3 is 5.69 Å². The molecule has 0 radical (unpaired) electrons. The first-order chi connectivity index (χ1) is 6.34. The lowest BCUT2D eigenvalue weighted by Gasteiger charge is -1.94. The first-order valence-electron chi connectivity index (χ1n) is 3.87. The summed E-state index contributed by atoms with van der Waals surface area (Å²) in [6.07, 6.45) is 4.04. The maximum absolute atomic E-state index is 10.7. The van der Waals surface area contributed by atoms with Crippen LogP contribution >= 0.6 is 0 Å². The first-order valence-corrected chi connectivity index (χ1v) is 3.87. The van der Waals surface area contributed by atoms with Crippen LogP contribution in [-0.2, 0) is 6.42 Å². The van der Waals surface area contributed by atoms with Gasteiger partial charge < -0.3 is 0 Å². The number of nitrogens with zero attached hydrogens (tertiary/aromatic N) is 2. The van der Waals surface area contributed by atoms with Gasteiger partial charge in [0, 0.05) is 18.8 Å². The van der Waals surface area contributed by atoms with Gasteiger partial charge in [0.05, 0.1) is 0 Å². The normalized spacial score (nSPS) is 10.2. The highest BCUT2D eigenvalue weighted by atomic mass is 16.1. The second kappa shape index (κ2) is 3.22. The third-order valence-electron chi connectivity index (χ3n) is 1.64. The van der Waals surface area contributed by atoms with E-state index in [1.54, 1.807) is 12.4 Å². The van der Waals surface area contributed by atoms with E-state index in [1.807, 2.05) is 12.1 Å². The van der Waals surface area contributed by atoms with E-state index >= 15 is 0 Å². The first kappa shape index (κ1) is 7.72. The molecule has 2 N–H and O–H groups in total.